The second-order valence-corrected chi connectivity index (χ2v) is 4.89. The number of oxazole rings is 1. The quantitative estimate of drug-likeness (QED) is 0.718. The van der Waals surface area contributed by atoms with Gasteiger partial charge >= 0.3 is 0 Å². The average Bonchev–Trinajstić information content (AvgIpc) is 2.97. The van der Waals surface area contributed by atoms with Gasteiger partial charge in [0.05, 0.1) is 19.9 Å². The van der Waals surface area contributed by atoms with Crippen LogP contribution in [0, 0.1) is 6.92 Å². The summed E-state index contributed by atoms with van der Waals surface area (Å²) in [5, 5.41) is 0. The van der Waals surface area contributed by atoms with Crippen molar-refractivity contribution in [3.8, 4) is 34.3 Å². The highest BCUT2D eigenvalue weighted by Crippen LogP contribution is 2.31. The zero-order valence-electron chi connectivity index (χ0n) is 12.8. The minimum Gasteiger partial charge on any atom is -0.497 e. The topological polar surface area (TPSA) is 44.5 Å². The number of aryl methyl sites for hydroxylation is 1. The van der Waals surface area contributed by atoms with Crippen molar-refractivity contribution in [3.63, 3.8) is 0 Å². The molecule has 0 saturated carbocycles. The summed E-state index contributed by atoms with van der Waals surface area (Å²) in [4.78, 5) is 4.52. The lowest BCUT2D eigenvalue weighted by Gasteiger charge is -2.01. The molecule has 3 rings (SSSR count). The van der Waals surface area contributed by atoms with Gasteiger partial charge in [-0.3, -0.25) is 0 Å². The fraction of sp³-hybridized carbons (Fsp3) is 0.167. The van der Waals surface area contributed by atoms with Crippen LogP contribution in [-0.4, -0.2) is 19.2 Å². The summed E-state index contributed by atoms with van der Waals surface area (Å²) < 4.78 is 16.3. The highest BCUT2D eigenvalue weighted by molar-refractivity contribution is 5.64. The third-order valence-corrected chi connectivity index (χ3v) is 3.49. The number of rotatable bonds is 4. The number of benzene rings is 2. The molecular formula is C18H17NO3. The third kappa shape index (κ3) is 2.68. The molecule has 0 bridgehead atoms. The molecule has 3 aromatic rings. The molecule has 0 radical (unpaired) electrons. The van der Waals surface area contributed by atoms with Crippen LogP contribution >= 0.6 is 0 Å². The molecule has 0 aliphatic heterocycles. The Morgan fingerprint density at radius 3 is 1.77 bits per heavy atom. The van der Waals surface area contributed by atoms with Crippen LogP contribution in [0.25, 0.3) is 22.8 Å². The molecule has 0 spiro atoms. The van der Waals surface area contributed by atoms with Crippen molar-refractivity contribution in [2.24, 2.45) is 0 Å². The molecule has 2 aromatic carbocycles. The SMILES string of the molecule is COc1ccc(-c2nc(C)c(-c3ccc(OC)cc3)o2)cc1. The minimum atomic E-state index is 0.603. The van der Waals surface area contributed by atoms with Gasteiger partial charge in [-0.2, -0.15) is 0 Å². The van der Waals surface area contributed by atoms with Crippen molar-refractivity contribution in [1.29, 1.82) is 0 Å². The van der Waals surface area contributed by atoms with Crippen LogP contribution in [-0.2, 0) is 0 Å². The molecule has 0 unspecified atom stereocenters. The van der Waals surface area contributed by atoms with Gasteiger partial charge in [-0.25, -0.2) is 4.98 Å². The lowest BCUT2D eigenvalue weighted by Crippen LogP contribution is -1.83. The molecule has 1 aromatic heterocycles. The number of aromatic nitrogens is 1. The van der Waals surface area contributed by atoms with Gasteiger partial charge in [0.15, 0.2) is 5.76 Å². The first kappa shape index (κ1) is 14.2. The summed E-state index contributed by atoms with van der Waals surface area (Å²) in [5.41, 5.74) is 2.75. The Balaban J connectivity index is 1.95. The van der Waals surface area contributed by atoms with Crippen molar-refractivity contribution in [2.75, 3.05) is 14.2 Å². The number of hydrogen-bond donors (Lipinski definition) is 0. The van der Waals surface area contributed by atoms with Gasteiger partial charge in [0.2, 0.25) is 5.89 Å². The number of methoxy groups -OCH3 is 2. The predicted octanol–water partition coefficient (Wildman–Crippen LogP) is 4.33. The fourth-order valence-corrected chi connectivity index (χ4v) is 2.26. The van der Waals surface area contributed by atoms with E-state index < -0.39 is 0 Å². The largest absolute Gasteiger partial charge is 0.497 e. The van der Waals surface area contributed by atoms with Gasteiger partial charge in [0.1, 0.15) is 11.5 Å². The molecule has 1 heterocycles. The van der Waals surface area contributed by atoms with Crippen molar-refractivity contribution in [3.05, 3.63) is 54.2 Å². The van der Waals surface area contributed by atoms with Crippen molar-refractivity contribution in [2.45, 2.75) is 6.92 Å². The first-order chi connectivity index (χ1) is 10.7. The number of ether oxygens (including phenoxy) is 2. The highest BCUT2D eigenvalue weighted by Gasteiger charge is 2.13. The molecule has 4 nitrogen and oxygen atoms in total. The Bertz CT molecular complexity index is 758. The van der Waals surface area contributed by atoms with Gasteiger partial charge in [0.25, 0.3) is 0 Å². The highest BCUT2D eigenvalue weighted by atomic mass is 16.5. The van der Waals surface area contributed by atoms with Crippen molar-refractivity contribution < 1.29 is 13.9 Å². The zero-order chi connectivity index (χ0) is 15.5. The van der Waals surface area contributed by atoms with E-state index >= 15 is 0 Å². The summed E-state index contributed by atoms with van der Waals surface area (Å²) in [6.07, 6.45) is 0. The first-order valence-corrected chi connectivity index (χ1v) is 6.97. The van der Waals surface area contributed by atoms with Crippen LogP contribution in [0.15, 0.2) is 52.9 Å². The smallest absolute Gasteiger partial charge is 0.226 e. The molecule has 0 saturated heterocycles. The summed E-state index contributed by atoms with van der Waals surface area (Å²) in [6.45, 7) is 1.94. The molecular weight excluding hydrogens is 278 g/mol. The molecule has 0 aliphatic rings. The molecule has 0 atom stereocenters. The van der Waals surface area contributed by atoms with E-state index in [0.717, 1.165) is 34.1 Å². The lowest BCUT2D eigenvalue weighted by molar-refractivity contribution is 0.415. The Morgan fingerprint density at radius 1 is 0.773 bits per heavy atom. The summed E-state index contributed by atoms with van der Waals surface area (Å²) in [7, 11) is 3.29. The van der Waals surface area contributed by atoms with E-state index in [4.69, 9.17) is 13.9 Å². The molecule has 4 heteroatoms. The van der Waals surface area contributed by atoms with Crippen molar-refractivity contribution in [1.82, 2.24) is 4.98 Å². The van der Waals surface area contributed by atoms with Gasteiger partial charge in [-0.15, -0.1) is 0 Å². The fourth-order valence-electron chi connectivity index (χ4n) is 2.26. The van der Waals surface area contributed by atoms with Crippen LogP contribution in [0.4, 0.5) is 0 Å². The van der Waals surface area contributed by atoms with Crippen LogP contribution in [0.1, 0.15) is 5.69 Å². The monoisotopic (exact) mass is 295 g/mol. The first-order valence-electron chi connectivity index (χ1n) is 6.97. The molecule has 0 aliphatic carbocycles. The minimum absolute atomic E-state index is 0.603. The molecule has 22 heavy (non-hydrogen) atoms. The van der Waals surface area contributed by atoms with Gasteiger partial charge in [-0.05, 0) is 55.5 Å². The number of hydrogen-bond acceptors (Lipinski definition) is 4. The molecule has 0 fully saturated rings. The Kier molecular flexibility index (Phi) is 3.83. The lowest BCUT2D eigenvalue weighted by atomic mass is 10.1. The average molecular weight is 295 g/mol. The summed E-state index contributed by atoms with van der Waals surface area (Å²) in [6, 6.07) is 15.4. The van der Waals surface area contributed by atoms with Crippen LogP contribution in [0.5, 0.6) is 11.5 Å². The van der Waals surface area contributed by atoms with E-state index in [2.05, 4.69) is 4.98 Å². The second-order valence-electron chi connectivity index (χ2n) is 4.89. The van der Waals surface area contributed by atoms with Crippen LogP contribution in [0.2, 0.25) is 0 Å². The van der Waals surface area contributed by atoms with E-state index in [-0.39, 0.29) is 0 Å². The molecule has 0 amide bonds. The van der Waals surface area contributed by atoms with Crippen LogP contribution in [0.3, 0.4) is 0 Å². The maximum absolute atomic E-state index is 5.94. The zero-order valence-corrected chi connectivity index (χ0v) is 12.8. The number of nitrogens with zero attached hydrogens (tertiary/aromatic N) is 1. The summed E-state index contributed by atoms with van der Waals surface area (Å²) >= 11 is 0. The Morgan fingerprint density at radius 2 is 1.27 bits per heavy atom. The van der Waals surface area contributed by atoms with E-state index in [1.807, 2.05) is 55.5 Å². The second kappa shape index (κ2) is 5.93. The van der Waals surface area contributed by atoms with Gasteiger partial charge in [0, 0.05) is 11.1 Å². The predicted molar refractivity (Wildman–Crippen MR) is 85.2 cm³/mol. The van der Waals surface area contributed by atoms with E-state index in [9.17, 15) is 0 Å². The standard InChI is InChI=1S/C18H17NO3/c1-12-17(13-4-8-15(20-2)9-5-13)22-18(19-12)14-6-10-16(21-3)11-7-14/h4-11H,1-3H3. The van der Waals surface area contributed by atoms with E-state index in [1.165, 1.54) is 0 Å². The maximum atomic E-state index is 5.94. The third-order valence-electron chi connectivity index (χ3n) is 3.49. The van der Waals surface area contributed by atoms with E-state index in [1.54, 1.807) is 14.2 Å². The van der Waals surface area contributed by atoms with Crippen molar-refractivity contribution >= 4 is 0 Å². The summed E-state index contributed by atoms with van der Waals surface area (Å²) in [5.74, 6) is 3.00. The van der Waals surface area contributed by atoms with E-state index in [0.29, 0.717) is 5.89 Å². The van der Waals surface area contributed by atoms with Gasteiger partial charge < -0.3 is 13.9 Å². The molecule has 0 N–H and O–H groups in total. The van der Waals surface area contributed by atoms with Crippen LogP contribution < -0.4 is 9.47 Å². The maximum Gasteiger partial charge on any atom is 0.226 e. The Labute approximate surface area is 129 Å². The molecule has 112 valence electrons. The van der Waals surface area contributed by atoms with Gasteiger partial charge in [-0.1, -0.05) is 0 Å². The normalized spacial score (nSPS) is 10.5. The Hall–Kier alpha value is -2.75.